The molecule has 0 aromatic carbocycles. The second-order valence-electron chi connectivity index (χ2n) is 6.07. The zero-order valence-electron chi connectivity index (χ0n) is 11.9. The van der Waals surface area contributed by atoms with Crippen LogP contribution in [-0.4, -0.2) is 58.3 Å². The average Bonchev–Trinajstić information content (AvgIpc) is 2.28. The lowest BCUT2D eigenvalue weighted by molar-refractivity contribution is -0.0922. The fourth-order valence-corrected chi connectivity index (χ4v) is 2.10. The Morgan fingerprint density at radius 2 is 2.16 bits per heavy atom. The summed E-state index contributed by atoms with van der Waals surface area (Å²) in [5.74, 6) is 0. The van der Waals surface area contributed by atoms with Crippen LogP contribution in [0.5, 0.6) is 0 Å². The molecular weight excluding hydrogens is 253 g/mol. The molecule has 5 nitrogen and oxygen atoms in total. The molecule has 0 aromatic heterocycles. The first kappa shape index (κ1) is 16.2. The summed E-state index contributed by atoms with van der Waals surface area (Å²) in [7, 11) is 0. The van der Waals surface area contributed by atoms with Gasteiger partial charge >= 0.3 is 6.09 Å². The van der Waals surface area contributed by atoms with E-state index in [-0.39, 0.29) is 32.5 Å². The second kappa shape index (κ2) is 6.05. The lowest BCUT2D eigenvalue weighted by Crippen LogP contribution is -2.55. The SMILES string of the molecule is CC(C)(C)OC(=O)N1CCC(O)(CCCO)C(F)C1. The summed E-state index contributed by atoms with van der Waals surface area (Å²) in [5.41, 5.74) is -2.06. The summed E-state index contributed by atoms with van der Waals surface area (Å²) in [6, 6.07) is 0. The summed E-state index contributed by atoms with van der Waals surface area (Å²) >= 11 is 0. The van der Waals surface area contributed by atoms with Crippen molar-refractivity contribution in [1.29, 1.82) is 0 Å². The molecule has 112 valence electrons. The number of carbonyl (C=O) groups excluding carboxylic acids is 1. The van der Waals surface area contributed by atoms with Crippen LogP contribution in [0.4, 0.5) is 9.18 Å². The molecule has 0 aliphatic carbocycles. The number of amides is 1. The Labute approximate surface area is 113 Å². The Morgan fingerprint density at radius 1 is 1.53 bits per heavy atom. The third-order valence-electron chi connectivity index (χ3n) is 3.20. The van der Waals surface area contributed by atoms with E-state index >= 15 is 0 Å². The van der Waals surface area contributed by atoms with Gasteiger partial charge in [-0.2, -0.15) is 0 Å². The summed E-state index contributed by atoms with van der Waals surface area (Å²) in [6.45, 7) is 5.26. The predicted octanol–water partition coefficient (Wildman–Crippen LogP) is 1.47. The minimum Gasteiger partial charge on any atom is -0.444 e. The molecule has 0 saturated carbocycles. The average molecular weight is 277 g/mol. The first-order chi connectivity index (χ1) is 8.68. The van der Waals surface area contributed by atoms with Crippen molar-refractivity contribution in [1.82, 2.24) is 4.90 Å². The van der Waals surface area contributed by atoms with E-state index < -0.39 is 23.5 Å². The van der Waals surface area contributed by atoms with Crippen molar-refractivity contribution >= 4 is 6.09 Å². The van der Waals surface area contributed by atoms with Crippen LogP contribution in [0.3, 0.4) is 0 Å². The number of hydrogen-bond acceptors (Lipinski definition) is 4. The number of piperidine rings is 1. The van der Waals surface area contributed by atoms with Crippen molar-refractivity contribution in [3.8, 4) is 0 Å². The van der Waals surface area contributed by atoms with Gasteiger partial charge in [0.25, 0.3) is 0 Å². The fraction of sp³-hybridized carbons (Fsp3) is 0.923. The number of ether oxygens (including phenoxy) is 1. The number of aliphatic hydroxyl groups is 2. The number of likely N-dealkylation sites (tertiary alicyclic amines) is 1. The lowest BCUT2D eigenvalue weighted by Gasteiger charge is -2.41. The van der Waals surface area contributed by atoms with E-state index in [1.165, 1.54) is 4.90 Å². The van der Waals surface area contributed by atoms with Gasteiger partial charge in [-0.15, -0.1) is 0 Å². The maximum absolute atomic E-state index is 14.0. The van der Waals surface area contributed by atoms with Crippen molar-refractivity contribution in [3.63, 3.8) is 0 Å². The van der Waals surface area contributed by atoms with Crippen LogP contribution in [0, 0.1) is 0 Å². The van der Waals surface area contributed by atoms with Crippen molar-refractivity contribution in [2.75, 3.05) is 19.7 Å². The summed E-state index contributed by atoms with van der Waals surface area (Å²) in [5, 5.41) is 18.9. The summed E-state index contributed by atoms with van der Waals surface area (Å²) in [6.07, 6.45) is -1.36. The minimum absolute atomic E-state index is 0.0786. The molecule has 0 radical (unpaired) electrons. The Balaban J connectivity index is 2.55. The topological polar surface area (TPSA) is 70.0 Å². The molecule has 2 N–H and O–H groups in total. The van der Waals surface area contributed by atoms with Gasteiger partial charge in [0.15, 0.2) is 0 Å². The van der Waals surface area contributed by atoms with Gasteiger partial charge in [0, 0.05) is 13.2 Å². The zero-order chi connectivity index (χ0) is 14.7. The number of aliphatic hydroxyl groups excluding tert-OH is 1. The molecule has 1 aliphatic rings. The molecular formula is C13H24FNO4. The van der Waals surface area contributed by atoms with E-state index in [9.17, 15) is 14.3 Å². The molecule has 1 heterocycles. The van der Waals surface area contributed by atoms with Gasteiger partial charge < -0.3 is 19.8 Å². The molecule has 1 rings (SSSR count). The van der Waals surface area contributed by atoms with Gasteiger partial charge in [-0.1, -0.05) is 0 Å². The van der Waals surface area contributed by atoms with Gasteiger partial charge in [-0.3, -0.25) is 0 Å². The van der Waals surface area contributed by atoms with Crippen molar-refractivity contribution in [2.24, 2.45) is 0 Å². The quantitative estimate of drug-likeness (QED) is 0.819. The monoisotopic (exact) mass is 277 g/mol. The van der Waals surface area contributed by atoms with Gasteiger partial charge in [-0.25, -0.2) is 9.18 Å². The van der Waals surface area contributed by atoms with Crippen molar-refractivity contribution in [3.05, 3.63) is 0 Å². The van der Waals surface area contributed by atoms with E-state index in [1.807, 2.05) is 0 Å². The maximum Gasteiger partial charge on any atom is 0.410 e. The van der Waals surface area contributed by atoms with Gasteiger partial charge in [0.2, 0.25) is 0 Å². The van der Waals surface area contributed by atoms with E-state index in [0.29, 0.717) is 6.42 Å². The predicted molar refractivity (Wildman–Crippen MR) is 68.6 cm³/mol. The molecule has 6 heteroatoms. The Bertz CT molecular complexity index is 318. The molecule has 1 fully saturated rings. The van der Waals surface area contributed by atoms with Crippen LogP contribution in [0.15, 0.2) is 0 Å². The number of carbonyl (C=O) groups is 1. The number of alkyl halides is 1. The largest absolute Gasteiger partial charge is 0.444 e. The van der Waals surface area contributed by atoms with E-state index in [4.69, 9.17) is 9.84 Å². The molecule has 1 amide bonds. The Morgan fingerprint density at radius 3 is 2.63 bits per heavy atom. The second-order valence-corrected chi connectivity index (χ2v) is 6.07. The molecule has 2 unspecified atom stereocenters. The Hall–Kier alpha value is -0.880. The standard InChI is InChI=1S/C13H24FNO4/c1-12(2,3)19-11(17)15-7-6-13(18,5-4-8-16)10(14)9-15/h10,16,18H,4-9H2,1-3H3. The normalized spacial score (nSPS) is 28.3. The molecule has 0 bridgehead atoms. The molecule has 1 aliphatic heterocycles. The maximum atomic E-state index is 14.0. The third-order valence-corrected chi connectivity index (χ3v) is 3.20. The van der Waals surface area contributed by atoms with Gasteiger partial charge in [-0.05, 0) is 40.0 Å². The molecule has 0 spiro atoms. The van der Waals surface area contributed by atoms with Crippen LogP contribution in [0.1, 0.15) is 40.0 Å². The lowest BCUT2D eigenvalue weighted by atomic mass is 9.85. The fourth-order valence-electron chi connectivity index (χ4n) is 2.10. The molecule has 19 heavy (non-hydrogen) atoms. The number of halogens is 1. The van der Waals surface area contributed by atoms with Crippen molar-refractivity contribution in [2.45, 2.75) is 57.4 Å². The first-order valence-electron chi connectivity index (χ1n) is 6.63. The van der Waals surface area contributed by atoms with Crippen LogP contribution < -0.4 is 0 Å². The van der Waals surface area contributed by atoms with Crippen LogP contribution in [0.25, 0.3) is 0 Å². The highest BCUT2D eigenvalue weighted by atomic mass is 19.1. The first-order valence-corrected chi connectivity index (χ1v) is 6.63. The van der Waals surface area contributed by atoms with Crippen LogP contribution >= 0.6 is 0 Å². The van der Waals surface area contributed by atoms with E-state index in [0.717, 1.165) is 0 Å². The smallest absolute Gasteiger partial charge is 0.410 e. The van der Waals surface area contributed by atoms with E-state index in [1.54, 1.807) is 20.8 Å². The number of rotatable bonds is 3. The van der Waals surface area contributed by atoms with Gasteiger partial charge in [0.05, 0.1) is 12.1 Å². The number of hydrogen-bond donors (Lipinski definition) is 2. The minimum atomic E-state index is -1.51. The highest BCUT2D eigenvalue weighted by Crippen LogP contribution is 2.30. The van der Waals surface area contributed by atoms with E-state index in [2.05, 4.69) is 0 Å². The zero-order valence-corrected chi connectivity index (χ0v) is 11.9. The van der Waals surface area contributed by atoms with Gasteiger partial charge in [0.1, 0.15) is 11.8 Å². The van der Waals surface area contributed by atoms with Crippen molar-refractivity contribution < 1.29 is 24.1 Å². The Kier molecular flexibility index (Phi) is 5.15. The summed E-state index contributed by atoms with van der Waals surface area (Å²) in [4.78, 5) is 13.1. The van der Waals surface area contributed by atoms with Crippen LogP contribution in [-0.2, 0) is 4.74 Å². The highest BCUT2D eigenvalue weighted by Gasteiger charge is 2.43. The molecule has 1 saturated heterocycles. The highest BCUT2D eigenvalue weighted by molar-refractivity contribution is 5.68. The molecule has 0 aromatic rings. The molecule has 2 atom stereocenters. The van der Waals surface area contributed by atoms with Crippen LogP contribution in [0.2, 0.25) is 0 Å². The third kappa shape index (κ3) is 4.62. The summed E-state index contributed by atoms with van der Waals surface area (Å²) < 4.78 is 19.2. The number of nitrogens with zero attached hydrogens (tertiary/aromatic N) is 1.